The second-order valence-corrected chi connectivity index (χ2v) is 4.67. The molecule has 1 N–H and O–H groups in total. The summed E-state index contributed by atoms with van der Waals surface area (Å²) in [6, 6.07) is 13.1. The third-order valence-electron chi connectivity index (χ3n) is 3.54. The van der Waals surface area contributed by atoms with E-state index >= 15 is 0 Å². The van der Waals surface area contributed by atoms with Crippen LogP contribution in [0.1, 0.15) is 0 Å². The zero-order valence-electron chi connectivity index (χ0n) is 10.8. The molecule has 0 amide bonds. The van der Waals surface area contributed by atoms with Crippen molar-refractivity contribution >= 4 is 32.8 Å². The third kappa shape index (κ3) is 1.39. The van der Waals surface area contributed by atoms with E-state index in [0.29, 0.717) is 22.2 Å². The SMILES string of the molecule is COc1ccc2c(c1)[nH]c(=O)c1c3ccccc3oc21. The molecule has 0 bridgehead atoms. The Balaban J connectivity index is 2.27. The van der Waals surface area contributed by atoms with Gasteiger partial charge in [0.05, 0.1) is 18.0 Å². The number of nitrogens with one attached hydrogen (secondary N) is 1. The molecule has 0 aliphatic carbocycles. The Kier molecular flexibility index (Phi) is 2.15. The first kappa shape index (κ1) is 11.1. The maximum atomic E-state index is 12.3. The second kappa shape index (κ2) is 3.87. The molecule has 20 heavy (non-hydrogen) atoms. The minimum absolute atomic E-state index is 0.147. The van der Waals surface area contributed by atoms with Gasteiger partial charge in [-0.25, -0.2) is 0 Å². The molecule has 4 heteroatoms. The normalized spacial score (nSPS) is 11.4. The van der Waals surface area contributed by atoms with E-state index < -0.39 is 0 Å². The van der Waals surface area contributed by atoms with E-state index in [1.54, 1.807) is 13.2 Å². The fourth-order valence-corrected chi connectivity index (χ4v) is 2.60. The summed E-state index contributed by atoms with van der Waals surface area (Å²) in [7, 11) is 1.60. The molecule has 4 nitrogen and oxygen atoms in total. The van der Waals surface area contributed by atoms with Crippen molar-refractivity contribution in [2.75, 3.05) is 7.11 Å². The number of ether oxygens (including phenoxy) is 1. The number of hydrogen-bond donors (Lipinski definition) is 1. The number of fused-ring (bicyclic) bond motifs is 5. The molecule has 2 heterocycles. The van der Waals surface area contributed by atoms with Crippen molar-refractivity contribution in [2.45, 2.75) is 0 Å². The van der Waals surface area contributed by atoms with Crippen LogP contribution >= 0.6 is 0 Å². The molecule has 0 radical (unpaired) electrons. The van der Waals surface area contributed by atoms with Crippen molar-refractivity contribution in [2.24, 2.45) is 0 Å². The molecular formula is C16H11NO3. The summed E-state index contributed by atoms with van der Waals surface area (Å²) in [6.07, 6.45) is 0. The number of pyridine rings is 1. The molecule has 0 saturated carbocycles. The summed E-state index contributed by atoms with van der Waals surface area (Å²) in [5.41, 5.74) is 1.90. The van der Waals surface area contributed by atoms with Gasteiger partial charge in [0.25, 0.3) is 5.56 Å². The lowest BCUT2D eigenvalue weighted by Gasteiger charge is -2.02. The molecule has 4 aromatic rings. The Morgan fingerprint density at radius 1 is 1.10 bits per heavy atom. The number of methoxy groups -OCH3 is 1. The number of furan rings is 1. The highest BCUT2D eigenvalue weighted by molar-refractivity contribution is 6.13. The van der Waals surface area contributed by atoms with Gasteiger partial charge in [-0.05, 0) is 18.2 Å². The van der Waals surface area contributed by atoms with Crippen molar-refractivity contribution in [1.29, 1.82) is 0 Å². The van der Waals surface area contributed by atoms with Gasteiger partial charge in [-0.15, -0.1) is 0 Å². The van der Waals surface area contributed by atoms with E-state index in [1.165, 1.54) is 0 Å². The average Bonchev–Trinajstić information content (AvgIpc) is 2.86. The van der Waals surface area contributed by atoms with Gasteiger partial charge in [0.15, 0.2) is 0 Å². The Morgan fingerprint density at radius 3 is 2.80 bits per heavy atom. The van der Waals surface area contributed by atoms with Gasteiger partial charge in [-0.1, -0.05) is 18.2 Å². The van der Waals surface area contributed by atoms with Crippen molar-refractivity contribution in [3.8, 4) is 5.75 Å². The Labute approximate surface area is 113 Å². The van der Waals surface area contributed by atoms with Crippen molar-refractivity contribution in [3.63, 3.8) is 0 Å². The summed E-state index contributed by atoms with van der Waals surface area (Å²) in [5.74, 6) is 0.698. The first-order valence-corrected chi connectivity index (χ1v) is 6.29. The second-order valence-electron chi connectivity index (χ2n) is 4.67. The largest absolute Gasteiger partial charge is 0.497 e. The molecule has 2 aromatic heterocycles. The Hall–Kier alpha value is -2.75. The van der Waals surface area contributed by atoms with Gasteiger partial charge in [-0.3, -0.25) is 4.79 Å². The molecule has 0 saturated heterocycles. The number of rotatable bonds is 1. The summed E-state index contributed by atoms with van der Waals surface area (Å²) in [6.45, 7) is 0. The monoisotopic (exact) mass is 265 g/mol. The quantitative estimate of drug-likeness (QED) is 0.573. The van der Waals surface area contributed by atoms with Crippen molar-refractivity contribution in [3.05, 3.63) is 52.8 Å². The van der Waals surface area contributed by atoms with Gasteiger partial charge in [-0.2, -0.15) is 0 Å². The summed E-state index contributed by atoms with van der Waals surface area (Å²) in [4.78, 5) is 15.2. The van der Waals surface area contributed by atoms with Gasteiger partial charge in [0.2, 0.25) is 0 Å². The van der Waals surface area contributed by atoms with Crippen LogP contribution in [0.2, 0.25) is 0 Å². The van der Waals surface area contributed by atoms with Crippen LogP contribution < -0.4 is 10.3 Å². The summed E-state index contributed by atoms with van der Waals surface area (Å²) in [5, 5.41) is 2.30. The summed E-state index contributed by atoms with van der Waals surface area (Å²) >= 11 is 0. The molecule has 98 valence electrons. The first-order chi connectivity index (χ1) is 9.78. The van der Waals surface area contributed by atoms with Crippen LogP contribution in [-0.4, -0.2) is 12.1 Å². The van der Waals surface area contributed by atoms with Gasteiger partial charge in [0.1, 0.15) is 16.9 Å². The lowest BCUT2D eigenvalue weighted by molar-refractivity contribution is 0.415. The predicted molar refractivity (Wildman–Crippen MR) is 78.4 cm³/mol. The fraction of sp³-hybridized carbons (Fsp3) is 0.0625. The van der Waals surface area contributed by atoms with E-state index in [0.717, 1.165) is 16.4 Å². The fourth-order valence-electron chi connectivity index (χ4n) is 2.60. The topological polar surface area (TPSA) is 55.2 Å². The van der Waals surface area contributed by atoms with E-state index in [-0.39, 0.29) is 5.56 Å². The predicted octanol–water partition coefficient (Wildman–Crippen LogP) is 3.44. The van der Waals surface area contributed by atoms with Gasteiger partial charge >= 0.3 is 0 Å². The smallest absolute Gasteiger partial charge is 0.260 e. The molecule has 0 aliphatic rings. The molecule has 0 atom stereocenters. The molecule has 0 fully saturated rings. The number of aromatic amines is 1. The van der Waals surface area contributed by atoms with Crippen LogP contribution in [0.15, 0.2) is 51.7 Å². The molecule has 0 spiro atoms. The molecule has 4 rings (SSSR count). The highest BCUT2D eigenvalue weighted by Crippen LogP contribution is 2.31. The number of H-pyrrole nitrogens is 1. The Bertz CT molecular complexity index is 1010. The van der Waals surface area contributed by atoms with Crippen molar-refractivity contribution in [1.82, 2.24) is 4.98 Å². The van der Waals surface area contributed by atoms with Crippen molar-refractivity contribution < 1.29 is 9.15 Å². The molecule has 0 aliphatic heterocycles. The Morgan fingerprint density at radius 2 is 1.95 bits per heavy atom. The van der Waals surface area contributed by atoms with Crippen LogP contribution in [0.4, 0.5) is 0 Å². The van der Waals surface area contributed by atoms with E-state index in [1.807, 2.05) is 36.4 Å². The van der Waals surface area contributed by atoms with Crippen LogP contribution in [-0.2, 0) is 0 Å². The highest BCUT2D eigenvalue weighted by atomic mass is 16.5. The lowest BCUT2D eigenvalue weighted by atomic mass is 10.1. The number of hydrogen-bond acceptors (Lipinski definition) is 3. The van der Waals surface area contributed by atoms with Crippen LogP contribution in [0.5, 0.6) is 5.75 Å². The van der Waals surface area contributed by atoms with E-state index in [9.17, 15) is 4.79 Å². The van der Waals surface area contributed by atoms with E-state index in [2.05, 4.69) is 4.98 Å². The minimum Gasteiger partial charge on any atom is -0.497 e. The highest BCUT2D eigenvalue weighted by Gasteiger charge is 2.13. The molecule has 0 unspecified atom stereocenters. The van der Waals surface area contributed by atoms with E-state index in [4.69, 9.17) is 9.15 Å². The summed E-state index contributed by atoms with van der Waals surface area (Å²) < 4.78 is 11.0. The lowest BCUT2D eigenvalue weighted by Crippen LogP contribution is -2.05. The minimum atomic E-state index is -0.147. The molecular weight excluding hydrogens is 254 g/mol. The maximum Gasteiger partial charge on any atom is 0.260 e. The first-order valence-electron chi connectivity index (χ1n) is 6.29. The zero-order chi connectivity index (χ0) is 13.7. The number of aromatic nitrogens is 1. The maximum absolute atomic E-state index is 12.3. The molecule has 2 aromatic carbocycles. The van der Waals surface area contributed by atoms with Gasteiger partial charge < -0.3 is 14.1 Å². The number of para-hydroxylation sites is 1. The van der Waals surface area contributed by atoms with Crippen LogP contribution in [0, 0.1) is 0 Å². The number of benzene rings is 2. The standard InChI is InChI=1S/C16H11NO3/c1-19-9-6-7-10-12(8-9)17-16(18)14-11-4-2-3-5-13(11)20-15(10)14/h2-8H,1H3,(H,17,18). The average molecular weight is 265 g/mol. The zero-order valence-corrected chi connectivity index (χ0v) is 10.8. The van der Waals surface area contributed by atoms with Crippen LogP contribution in [0.3, 0.4) is 0 Å². The van der Waals surface area contributed by atoms with Gasteiger partial charge in [0, 0.05) is 16.8 Å². The van der Waals surface area contributed by atoms with Crippen LogP contribution in [0.25, 0.3) is 32.8 Å². The third-order valence-corrected chi connectivity index (χ3v) is 3.54.